The standard InChI is InChI=1S/C19H32N6S/c1-14-10-15(2)13-25(12-14)17-11-16(24-8-6-4-5-7-9-24)21-18(22-17)23-19(26)20-3/h11,14-15H,4-10,12-13H2,1-3H3,(H2,20,21,22,23,26)/t14-,15-/m0/s1. The van der Waals surface area contributed by atoms with Crippen LogP contribution in [0.25, 0.3) is 0 Å². The van der Waals surface area contributed by atoms with Gasteiger partial charge >= 0.3 is 0 Å². The zero-order valence-electron chi connectivity index (χ0n) is 16.3. The Balaban J connectivity index is 1.90. The van der Waals surface area contributed by atoms with Crippen LogP contribution in [0.1, 0.15) is 46.0 Å². The zero-order valence-corrected chi connectivity index (χ0v) is 17.1. The lowest BCUT2D eigenvalue weighted by Gasteiger charge is -2.36. The van der Waals surface area contributed by atoms with Crippen molar-refractivity contribution in [1.82, 2.24) is 15.3 Å². The molecule has 2 N–H and O–H groups in total. The van der Waals surface area contributed by atoms with Gasteiger partial charge in [0.2, 0.25) is 5.95 Å². The van der Waals surface area contributed by atoms with Crippen molar-refractivity contribution in [2.75, 3.05) is 48.3 Å². The lowest BCUT2D eigenvalue weighted by atomic mass is 9.92. The molecule has 1 aromatic rings. The Hall–Kier alpha value is -1.63. The summed E-state index contributed by atoms with van der Waals surface area (Å²) in [6, 6.07) is 2.17. The quantitative estimate of drug-likeness (QED) is 0.785. The van der Waals surface area contributed by atoms with Crippen LogP contribution in [0, 0.1) is 11.8 Å². The van der Waals surface area contributed by atoms with E-state index in [1.165, 1.54) is 32.1 Å². The summed E-state index contributed by atoms with van der Waals surface area (Å²) in [6.07, 6.45) is 6.37. The fraction of sp³-hybridized carbons (Fsp3) is 0.737. The van der Waals surface area contributed by atoms with Crippen LogP contribution in [0.4, 0.5) is 17.6 Å². The molecule has 2 atom stereocenters. The average Bonchev–Trinajstić information content (AvgIpc) is 2.90. The number of thiocarbonyl (C=S) groups is 1. The van der Waals surface area contributed by atoms with Crippen molar-refractivity contribution in [2.45, 2.75) is 46.0 Å². The molecule has 0 amide bonds. The van der Waals surface area contributed by atoms with Gasteiger partial charge in [0.1, 0.15) is 11.6 Å². The van der Waals surface area contributed by atoms with Gasteiger partial charge in [0.05, 0.1) is 0 Å². The van der Waals surface area contributed by atoms with Gasteiger partial charge in [-0.1, -0.05) is 26.7 Å². The van der Waals surface area contributed by atoms with Gasteiger partial charge in [-0.2, -0.15) is 9.97 Å². The van der Waals surface area contributed by atoms with Crippen LogP contribution in [0.3, 0.4) is 0 Å². The van der Waals surface area contributed by atoms with Crippen molar-refractivity contribution in [1.29, 1.82) is 0 Å². The highest BCUT2D eigenvalue weighted by Crippen LogP contribution is 2.29. The lowest BCUT2D eigenvalue weighted by Crippen LogP contribution is -2.39. The highest BCUT2D eigenvalue weighted by molar-refractivity contribution is 7.80. The third-order valence-electron chi connectivity index (χ3n) is 5.27. The zero-order chi connectivity index (χ0) is 18.5. The topological polar surface area (TPSA) is 56.3 Å². The maximum absolute atomic E-state index is 5.27. The van der Waals surface area contributed by atoms with Gasteiger partial charge in [-0.05, 0) is 43.3 Å². The molecule has 3 heterocycles. The van der Waals surface area contributed by atoms with E-state index in [-0.39, 0.29) is 0 Å². The molecule has 6 nitrogen and oxygen atoms in total. The molecule has 26 heavy (non-hydrogen) atoms. The van der Waals surface area contributed by atoms with E-state index in [1.54, 1.807) is 0 Å². The minimum Gasteiger partial charge on any atom is -0.365 e. The van der Waals surface area contributed by atoms with Gasteiger partial charge in [-0.25, -0.2) is 0 Å². The van der Waals surface area contributed by atoms with Crippen LogP contribution in [0.5, 0.6) is 0 Å². The molecular formula is C19H32N6S. The van der Waals surface area contributed by atoms with E-state index in [0.29, 0.717) is 22.9 Å². The van der Waals surface area contributed by atoms with E-state index < -0.39 is 0 Å². The molecule has 0 aromatic carbocycles. The summed E-state index contributed by atoms with van der Waals surface area (Å²) >= 11 is 5.27. The van der Waals surface area contributed by atoms with E-state index in [9.17, 15) is 0 Å². The first-order chi connectivity index (χ1) is 12.5. The van der Waals surface area contributed by atoms with Crippen LogP contribution in [0.15, 0.2) is 6.07 Å². The Morgan fingerprint density at radius 2 is 1.58 bits per heavy atom. The first kappa shape index (κ1) is 19.1. The van der Waals surface area contributed by atoms with E-state index in [0.717, 1.165) is 37.8 Å². The van der Waals surface area contributed by atoms with Crippen LogP contribution < -0.4 is 20.4 Å². The molecule has 7 heteroatoms. The first-order valence-corrected chi connectivity index (χ1v) is 10.3. The molecule has 2 saturated heterocycles. The first-order valence-electron chi connectivity index (χ1n) is 9.93. The van der Waals surface area contributed by atoms with Gasteiger partial charge < -0.3 is 20.4 Å². The van der Waals surface area contributed by atoms with Gasteiger partial charge in [0.25, 0.3) is 0 Å². The molecule has 0 saturated carbocycles. The Kier molecular flexibility index (Phi) is 6.51. The summed E-state index contributed by atoms with van der Waals surface area (Å²) in [6.45, 7) is 8.90. The van der Waals surface area contributed by atoms with Crippen molar-refractivity contribution >= 4 is 34.9 Å². The summed E-state index contributed by atoms with van der Waals surface area (Å²) in [5.41, 5.74) is 0. The van der Waals surface area contributed by atoms with Gasteiger partial charge in [0, 0.05) is 39.3 Å². The molecular weight excluding hydrogens is 344 g/mol. The van der Waals surface area contributed by atoms with E-state index >= 15 is 0 Å². The minimum absolute atomic E-state index is 0.546. The average molecular weight is 377 g/mol. The number of hydrogen-bond donors (Lipinski definition) is 2. The number of aromatic nitrogens is 2. The molecule has 0 unspecified atom stereocenters. The Labute approximate surface area is 162 Å². The normalized spacial score (nSPS) is 24.1. The second-order valence-electron chi connectivity index (χ2n) is 7.86. The monoisotopic (exact) mass is 376 g/mol. The predicted molar refractivity (Wildman–Crippen MR) is 113 cm³/mol. The van der Waals surface area contributed by atoms with Crippen LogP contribution >= 0.6 is 12.2 Å². The van der Waals surface area contributed by atoms with Crippen LogP contribution in [-0.2, 0) is 0 Å². The smallest absolute Gasteiger partial charge is 0.232 e. The number of nitrogens with zero attached hydrogens (tertiary/aromatic N) is 4. The Morgan fingerprint density at radius 3 is 2.15 bits per heavy atom. The summed E-state index contributed by atoms with van der Waals surface area (Å²) in [7, 11) is 1.81. The summed E-state index contributed by atoms with van der Waals surface area (Å²) < 4.78 is 0. The molecule has 0 aliphatic carbocycles. The largest absolute Gasteiger partial charge is 0.365 e. The molecule has 0 bridgehead atoms. The number of piperidine rings is 1. The van der Waals surface area contributed by atoms with Crippen molar-refractivity contribution in [3.8, 4) is 0 Å². The SMILES string of the molecule is CNC(=S)Nc1nc(N2CCCCCC2)cc(N2C[C@@H](C)C[C@H](C)C2)n1. The third kappa shape index (κ3) is 4.96. The van der Waals surface area contributed by atoms with Crippen molar-refractivity contribution in [2.24, 2.45) is 11.8 Å². The number of hydrogen-bond acceptors (Lipinski definition) is 5. The second kappa shape index (κ2) is 8.84. The van der Waals surface area contributed by atoms with E-state index in [1.807, 2.05) is 7.05 Å². The Bertz CT molecular complexity index is 604. The summed E-state index contributed by atoms with van der Waals surface area (Å²) in [4.78, 5) is 14.4. The van der Waals surface area contributed by atoms with E-state index in [2.05, 4.69) is 40.3 Å². The minimum atomic E-state index is 0.546. The molecule has 0 radical (unpaired) electrons. The molecule has 2 fully saturated rings. The highest BCUT2D eigenvalue weighted by atomic mass is 32.1. The number of anilines is 3. The Morgan fingerprint density at radius 1 is 1.00 bits per heavy atom. The van der Waals surface area contributed by atoms with Crippen molar-refractivity contribution in [3.63, 3.8) is 0 Å². The molecule has 2 aliphatic rings. The van der Waals surface area contributed by atoms with Gasteiger partial charge in [-0.3, -0.25) is 0 Å². The molecule has 0 spiro atoms. The maximum Gasteiger partial charge on any atom is 0.232 e. The molecule has 144 valence electrons. The van der Waals surface area contributed by atoms with Gasteiger partial charge in [0.15, 0.2) is 5.11 Å². The van der Waals surface area contributed by atoms with Crippen LogP contribution in [-0.4, -0.2) is 48.3 Å². The van der Waals surface area contributed by atoms with Crippen LogP contribution in [0.2, 0.25) is 0 Å². The molecule has 3 rings (SSSR count). The summed E-state index contributed by atoms with van der Waals surface area (Å²) in [5, 5.41) is 6.63. The van der Waals surface area contributed by atoms with Gasteiger partial charge in [-0.15, -0.1) is 0 Å². The van der Waals surface area contributed by atoms with Crippen molar-refractivity contribution < 1.29 is 0 Å². The predicted octanol–water partition coefficient (Wildman–Crippen LogP) is 3.26. The second-order valence-corrected chi connectivity index (χ2v) is 8.27. The van der Waals surface area contributed by atoms with E-state index in [4.69, 9.17) is 22.2 Å². The molecule has 1 aromatic heterocycles. The van der Waals surface area contributed by atoms with Crippen molar-refractivity contribution in [3.05, 3.63) is 6.07 Å². The third-order valence-corrected chi connectivity index (χ3v) is 5.58. The lowest BCUT2D eigenvalue weighted by molar-refractivity contribution is 0.355. The highest BCUT2D eigenvalue weighted by Gasteiger charge is 2.24. The fourth-order valence-electron chi connectivity index (χ4n) is 4.12. The molecule has 2 aliphatic heterocycles. The summed E-state index contributed by atoms with van der Waals surface area (Å²) in [5.74, 6) is 3.99. The fourth-order valence-corrected chi connectivity index (χ4v) is 4.21. The maximum atomic E-state index is 5.27. The number of nitrogens with one attached hydrogen (secondary N) is 2. The number of rotatable bonds is 3.